The first kappa shape index (κ1) is 22.6. The van der Waals surface area contributed by atoms with Crippen molar-refractivity contribution in [1.82, 2.24) is 19.7 Å². The van der Waals surface area contributed by atoms with Crippen LogP contribution < -0.4 is 20.7 Å². The second-order valence-electron chi connectivity index (χ2n) is 6.70. The van der Waals surface area contributed by atoms with Gasteiger partial charge in [-0.1, -0.05) is 29.0 Å². The van der Waals surface area contributed by atoms with E-state index in [4.69, 9.17) is 0 Å². The van der Waals surface area contributed by atoms with Gasteiger partial charge in [-0.2, -0.15) is 4.98 Å². The third kappa shape index (κ3) is 6.70. The third-order valence-corrected chi connectivity index (χ3v) is 6.75. The number of anilines is 4. The molecule has 0 bridgehead atoms. The number of aromatic nitrogens is 3. The fraction of sp³-hybridized carbons (Fsp3) is 0.263. The Balaban J connectivity index is 1.55. The third-order valence-electron chi connectivity index (χ3n) is 3.91. The van der Waals surface area contributed by atoms with Crippen molar-refractivity contribution >= 4 is 49.9 Å². The number of benzene rings is 1. The average molecular weight is 462 g/mol. The summed E-state index contributed by atoms with van der Waals surface area (Å²) in [6.45, 7) is 5.60. The van der Waals surface area contributed by atoms with Crippen molar-refractivity contribution < 1.29 is 13.2 Å². The summed E-state index contributed by atoms with van der Waals surface area (Å²) in [6, 6.07) is 9.76. The smallest absolute Gasteiger partial charge is 0.251 e. The van der Waals surface area contributed by atoms with Crippen molar-refractivity contribution in [3.05, 3.63) is 47.8 Å². The van der Waals surface area contributed by atoms with Crippen LogP contribution in [0.2, 0.25) is 0 Å². The SMILES string of the molecule is CC(=O)Nc1ncc(S(=O)(=O)NCCNc2nc(C)cc(Nc3ccc(C)cc3)n2)s1. The van der Waals surface area contributed by atoms with Crippen molar-refractivity contribution in [2.75, 3.05) is 29.0 Å². The number of carbonyl (C=O) groups excluding carboxylic acids is 1. The van der Waals surface area contributed by atoms with Gasteiger partial charge in [-0.3, -0.25) is 4.79 Å². The number of thiazole rings is 1. The molecule has 1 amide bonds. The lowest BCUT2D eigenvalue weighted by molar-refractivity contribution is -0.114. The van der Waals surface area contributed by atoms with Crippen molar-refractivity contribution in [1.29, 1.82) is 0 Å². The number of carbonyl (C=O) groups is 1. The summed E-state index contributed by atoms with van der Waals surface area (Å²) in [6.07, 6.45) is 1.21. The second kappa shape index (κ2) is 9.81. The molecule has 0 aliphatic carbocycles. The van der Waals surface area contributed by atoms with Gasteiger partial charge < -0.3 is 16.0 Å². The standard InChI is InChI=1S/C19H23N7O3S2/c1-12-4-6-15(7-5-12)25-16-10-13(2)23-18(26-16)20-8-9-22-31(28,29)17-11-21-19(30-17)24-14(3)27/h4-7,10-11,22H,8-9H2,1-3H3,(H,21,24,27)(H2,20,23,25,26). The number of amides is 1. The average Bonchev–Trinajstić information content (AvgIpc) is 3.15. The number of hydrogen-bond acceptors (Lipinski definition) is 9. The minimum atomic E-state index is -3.73. The van der Waals surface area contributed by atoms with Gasteiger partial charge >= 0.3 is 0 Å². The fourth-order valence-electron chi connectivity index (χ4n) is 2.52. The van der Waals surface area contributed by atoms with Gasteiger partial charge in [0.25, 0.3) is 10.0 Å². The van der Waals surface area contributed by atoms with Gasteiger partial charge in [0.05, 0.1) is 6.20 Å². The van der Waals surface area contributed by atoms with Crippen LogP contribution in [0.3, 0.4) is 0 Å². The minimum Gasteiger partial charge on any atom is -0.353 e. The van der Waals surface area contributed by atoms with Crippen LogP contribution in [-0.2, 0) is 14.8 Å². The fourth-order valence-corrected chi connectivity index (χ4v) is 4.67. The molecule has 1 aromatic carbocycles. The molecular weight excluding hydrogens is 438 g/mol. The van der Waals surface area contributed by atoms with E-state index in [-0.39, 0.29) is 28.3 Å². The maximum atomic E-state index is 12.4. The molecule has 0 saturated carbocycles. The number of nitrogens with zero attached hydrogens (tertiary/aromatic N) is 3. The second-order valence-corrected chi connectivity index (χ2v) is 9.72. The highest BCUT2D eigenvalue weighted by Crippen LogP contribution is 2.22. The highest BCUT2D eigenvalue weighted by Gasteiger charge is 2.17. The number of nitrogens with one attached hydrogen (secondary N) is 4. The van der Waals surface area contributed by atoms with Gasteiger partial charge in [0, 0.05) is 37.5 Å². The largest absolute Gasteiger partial charge is 0.353 e. The lowest BCUT2D eigenvalue weighted by atomic mass is 10.2. The van der Waals surface area contributed by atoms with Gasteiger partial charge in [0.1, 0.15) is 5.82 Å². The van der Waals surface area contributed by atoms with E-state index in [0.717, 1.165) is 22.7 Å². The lowest BCUT2D eigenvalue weighted by Crippen LogP contribution is -2.28. The van der Waals surface area contributed by atoms with Crippen molar-refractivity contribution in [3.8, 4) is 0 Å². The lowest BCUT2D eigenvalue weighted by Gasteiger charge is -2.10. The Morgan fingerprint density at radius 3 is 2.55 bits per heavy atom. The predicted octanol–water partition coefficient (Wildman–Crippen LogP) is 2.64. The van der Waals surface area contributed by atoms with E-state index in [2.05, 4.69) is 35.6 Å². The predicted molar refractivity (Wildman–Crippen MR) is 121 cm³/mol. The topological polar surface area (TPSA) is 138 Å². The number of hydrogen-bond donors (Lipinski definition) is 4. The zero-order valence-electron chi connectivity index (χ0n) is 17.3. The summed E-state index contributed by atoms with van der Waals surface area (Å²) >= 11 is 0.881. The molecule has 0 unspecified atom stereocenters. The molecule has 2 heterocycles. The summed E-state index contributed by atoms with van der Waals surface area (Å²) < 4.78 is 27.2. The van der Waals surface area contributed by atoms with Crippen LogP contribution in [0.4, 0.5) is 22.6 Å². The molecule has 10 nitrogen and oxygen atoms in total. The van der Waals surface area contributed by atoms with Crippen LogP contribution in [0.1, 0.15) is 18.2 Å². The maximum Gasteiger partial charge on any atom is 0.251 e. The Bertz CT molecular complexity index is 1160. The van der Waals surface area contributed by atoms with Crippen molar-refractivity contribution in [2.45, 2.75) is 25.0 Å². The molecule has 3 rings (SSSR count). The maximum absolute atomic E-state index is 12.4. The van der Waals surface area contributed by atoms with Crippen molar-refractivity contribution in [3.63, 3.8) is 0 Å². The van der Waals surface area contributed by atoms with Gasteiger partial charge in [-0.05, 0) is 26.0 Å². The number of rotatable bonds is 9. The highest BCUT2D eigenvalue weighted by molar-refractivity contribution is 7.91. The van der Waals surface area contributed by atoms with E-state index < -0.39 is 10.0 Å². The van der Waals surface area contributed by atoms with E-state index in [0.29, 0.717) is 11.8 Å². The molecule has 0 aliphatic rings. The van der Waals surface area contributed by atoms with Gasteiger partial charge in [-0.15, -0.1) is 0 Å². The molecule has 3 aromatic rings. The van der Waals surface area contributed by atoms with E-state index in [1.807, 2.05) is 44.2 Å². The molecule has 0 radical (unpaired) electrons. The minimum absolute atomic E-state index is 0.0210. The molecule has 12 heteroatoms. The Morgan fingerprint density at radius 2 is 1.84 bits per heavy atom. The normalized spacial score (nSPS) is 11.2. The zero-order valence-corrected chi connectivity index (χ0v) is 18.9. The Hall–Kier alpha value is -3.09. The summed E-state index contributed by atoms with van der Waals surface area (Å²) in [5.74, 6) is 0.707. The van der Waals surface area contributed by atoms with Crippen LogP contribution in [0.15, 0.2) is 40.7 Å². The molecule has 0 saturated heterocycles. The van der Waals surface area contributed by atoms with Crippen LogP contribution in [0, 0.1) is 13.8 Å². The monoisotopic (exact) mass is 461 g/mol. The molecule has 4 N–H and O–H groups in total. The molecule has 0 spiro atoms. The molecule has 0 fully saturated rings. The number of aryl methyl sites for hydroxylation is 2. The zero-order chi connectivity index (χ0) is 22.4. The number of sulfonamides is 1. The Morgan fingerprint density at radius 1 is 1.10 bits per heavy atom. The van der Waals surface area contributed by atoms with Gasteiger partial charge in [0.15, 0.2) is 9.34 Å². The molecule has 2 aromatic heterocycles. The summed E-state index contributed by atoms with van der Waals surface area (Å²) in [5.41, 5.74) is 2.84. The first-order chi connectivity index (χ1) is 14.7. The van der Waals surface area contributed by atoms with E-state index in [9.17, 15) is 13.2 Å². The molecule has 164 valence electrons. The Labute approximate surface area is 184 Å². The van der Waals surface area contributed by atoms with E-state index >= 15 is 0 Å². The summed E-state index contributed by atoms with van der Waals surface area (Å²) in [4.78, 5) is 23.7. The Kier molecular flexibility index (Phi) is 7.15. The van der Waals surface area contributed by atoms with E-state index in [1.54, 1.807) is 0 Å². The van der Waals surface area contributed by atoms with E-state index in [1.165, 1.54) is 18.7 Å². The first-order valence-electron chi connectivity index (χ1n) is 9.37. The van der Waals surface area contributed by atoms with Crippen LogP contribution in [0.5, 0.6) is 0 Å². The first-order valence-corrected chi connectivity index (χ1v) is 11.7. The van der Waals surface area contributed by atoms with Crippen LogP contribution in [-0.4, -0.2) is 42.4 Å². The van der Waals surface area contributed by atoms with Crippen molar-refractivity contribution in [2.24, 2.45) is 0 Å². The van der Waals surface area contributed by atoms with Gasteiger partial charge in [0.2, 0.25) is 11.9 Å². The van der Waals surface area contributed by atoms with Gasteiger partial charge in [-0.25, -0.2) is 23.1 Å². The molecule has 0 atom stereocenters. The molecule has 31 heavy (non-hydrogen) atoms. The summed E-state index contributed by atoms with van der Waals surface area (Å²) in [7, 11) is -3.73. The van der Waals surface area contributed by atoms with Crippen LogP contribution >= 0.6 is 11.3 Å². The molecule has 0 aliphatic heterocycles. The summed E-state index contributed by atoms with van der Waals surface area (Å²) in [5, 5.41) is 8.93. The highest BCUT2D eigenvalue weighted by atomic mass is 32.2. The van der Waals surface area contributed by atoms with Crippen LogP contribution in [0.25, 0.3) is 0 Å². The molecular formula is C19H23N7O3S2. The quantitative estimate of drug-likeness (QED) is 0.357.